The van der Waals surface area contributed by atoms with E-state index in [0.29, 0.717) is 18.1 Å². The second-order valence-corrected chi connectivity index (χ2v) is 7.97. The third-order valence-electron chi connectivity index (χ3n) is 5.29. The molecule has 1 aromatic carbocycles. The number of aromatic nitrogens is 2. The Morgan fingerprint density at radius 1 is 1.13 bits per heavy atom. The van der Waals surface area contributed by atoms with Crippen molar-refractivity contribution >= 4 is 28.9 Å². The second kappa shape index (κ2) is 8.67. The van der Waals surface area contributed by atoms with Crippen LogP contribution in [-0.2, 0) is 4.79 Å². The number of nitrogens with one attached hydrogen (secondary N) is 3. The van der Waals surface area contributed by atoms with E-state index in [1.54, 1.807) is 6.20 Å². The predicted molar refractivity (Wildman–Crippen MR) is 122 cm³/mol. The van der Waals surface area contributed by atoms with Crippen LogP contribution < -0.4 is 10.6 Å². The second-order valence-electron chi connectivity index (χ2n) is 7.58. The quantitative estimate of drug-likeness (QED) is 0.526. The molecule has 0 bridgehead atoms. The maximum Gasteiger partial charge on any atom is 0.226 e. The summed E-state index contributed by atoms with van der Waals surface area (Å²) in [7, 11) is 0. The fourth-order valence-corrected chi connectivity index (χ4v) is 4.10. The number of hydrogen-bond acceptors (Lipinski definition) is 3. The van der Waals surface area contributed by atoms with Crippen molar-refractivity contribution in [2.24, 2.45) is 0 Å². The topological polar surface area (TPSA) is 73.1 Å². The number of nitrogens with zero attached hydrogens (tertiary/aromatic N) is 2. The van der Waals surface area contributed by atoms with Gasteiger partial charge in [0.05, 0.1) is 17.8 Å². The number of amides is 1. The van der Waals surface area contributed by atoms with Gasteiger partial charge in [0.15, 0.2) is 5.11 Å². The van der Waals surface area contributed by atoms with Crippen molar-refractivity contribution in [2.45, 2.75) is 32.4 Å². The molecule has 2 atom stereocenters. The van der Waals surface area contributed by atoms with E-state index in [4.69, 9.17) is 12.2 Å². The molecule has 0 spiro atoms. The molecule has 30 heavy (non-hydrogen) atoms. The van der Waals surface area contributed by atoms with Crippen LogP contribution in [0.1, 0.15) is 41.1 Å². The predicted octanol–water partition coefficient (Wildman–Crippen LogP) is 4.03. The Morgan fingerprint density at radius 2 is 1.93 bits per heavy atom. The zero-order valence-corrected chi connectivity index (χ0v) is 17.9. The van der Waals surface area contributed by atoms with Crippen molar-refractivity contribution in [1.82, 2.24) is 20.2 Å². The Bertz CT molecular complexity index is 1030. The van der Waals surface area contributed by atoms with E-state index in [0.717, 1.165) is 28.3 Å². The maximum atomic E-state index is 12.5. The fourth-order valence-electron chi connectivity index (χ4n) is 3.77. The first kappa shape index (κ1) is 20.1. The number of benzene rings is 1. The average Bonchev–Trinajstić information content (AvgIpc) is 3.31. The molecule has 0 aliphatic carbocycles. The highest BCUT2D eigenvalue weighted by molar-refractivity contribution is 7.80. The first-order chi connectivity index (χ1) is 14.5. The lowest BCUT2D eigenvalue weighted by Crippen LogP contribution is -2.32. The van der Waals surface area contributed by atoms with Crippen LogP contribution in [0.2, 0.25) is 0 Å². The normalized spacial score (nSPS) is 18.3. The summed E-state index contributed by atoms with van der Waals surface area (Å²) in [4.78, 5) is 22.6. The van der Waals surface area contributed by atoms with E-state index in [-0.39, 0.29) is 18.0 Å². The molecular weight excluding hydrogens is 394 g/mol. The van der Waals surface area contributed by atoms with Gasteiger partial charge in [0, 0.05) is 36.2 Å². The van der Waals surface area contributed by atoms with Gasteiger partial charge in [0.25, 0.3) is 0 Å². The Balaban J connectivity index is 1.51. The van der Waals surface area contributed by atoms with Gasteiger partial charge < -0.3 is 20.5 Å². The number of anilines is 1. The zero-order chi connectivity index (χ0) is 21.1. The van der Waals surface area contributed by atoms with Crippen LogP contribution in [0.25, 0.3) is 0 Å². The molecule has 1 aliphatic rings. The molecule has 3 heterocycles. The Hall–Kier alpha value is -3.19. The van der Waals surface area contributed by atoms with Crippen LogP contribution in [0.5, 0.6) is 0 Å². The van der Waals surface area contributed by atoms with Crippen LogP contribution >= 0.6 is 12.2 Å². The summed E-state index contributed by atoms with van der Waals surface area (Å²) in [6.07, 6.45) is 2.12. The van der Waals surface area contributed by atoms with E-state index in [1.807, 2.05) is 56.3 Å². The summed E-state index contributed by atoms with van der Waals surface area (Å²) in [6.45, 7) is 4.56. The minimum atomic E-state index is -0.0862. The van der Waals surface area contributed by atoms with Crippen LogP contribution in [0.15, 0.2) is 60.8 Å². The van der Waals surface area contributed by atoms with Gasteiger partial charge in [-0.2, -0.15) is 0 Å². The Morgan fingerprint density at radius 3 is 2.60 bits per heavy atom. The number of aryl methyl sites for hydroxylation is 2. The number of hydrogen-bond donors (Lipinski definition) is 3. The number of H-pyrrole nitrogens is 1. The first-order valence-corrected chi connectivity index (χ1v) is 10.4. The molecule has 1 amide bonds. The first-order valence-electron chi connectivity index (χ1n) is 10.0. The van der Waals surface area contributed by atoms with Gasteiger partial charge in [-0.15, -0.1) is 0 Å². The highest BCUT2D eigenvalue weighted by Crippen LogP contribution is 2.38. The van der Waals surface area contributed by atoms with E-state index in [2.05, 4.69) is 37.6 Å². The lowest BCUT2D eigenvalue weighted by molar-refractivity contribution is -0.116. The lowest BCUT2D eigenvalue weighted by Gasteiger charge is -2.26. The molecule has 0 unspecified atom stereocenters. The average molecular weight is 420 g/mol. The monoisotopic (exact) mass is 419 g/mol. The number of rotatable bonds is 6. The number of thiocarbonyl (C=S) groups is 1. The molecule has 4 rings (SSSR count). The largest absolute Gasteiger partial charge is 0.361 e. The number of aromatic amines is 1. The number of carbonyl (C=O) groups excluding carboxylic acids is 1. The smallest absolute Gasteiger partial charge is 0.226 e. The standard InChI is InChI=1S/C23H25N5OS/c1-15-6-9-17(10-7-15)26-20(29)12-14-28-22(19-11-8-16(2)25-19)21(27-23(28)30)18-5-3-4-13-24-18/h3-11,13,21-22,25H,12,14H2,1-2H3,(H,26,29)(H,27,30)/t21-,22-/m1/s1. The molecule has 0 saturated carbocycles. The zero-order valence-electron chi connectivity index (χ0n) is 17.1. The highest BCUT2D eigenvalue weighted by atomic mass is 32.1. The molecule has 1 fully saturated rings. The van der Waals surface area contributed by atoms with Gasteiger partial charge in [-0.05, 0) is 62.5 Å². The molecule has 7 heteroatoms. The van der Waals surface area contributed by atoms with Gasteiger partial charge >= 0.3 is 0 Å². The van der Waals surface area contributed by atoms with Crippen LogP contribution in [-0.4, -0.2) is 32.4 Å². The van der Waals surface area contributed by atoms with E-state index < -0.39 is 0 Å². The van der Waals surface area contributed by atoms with Gasteiger partial charge in [-0.1, -0.05) is 23.8 Å². The van der Waals surface area contributed by atoms with Crippen molar-refractivity contribution in [3.05, 3.63) is 83.4 Å². The van der Waals surface area contributed by atoms with Crippen molar-refractivity contribution in [3.63, 3.8) is 0 Å². The summed E-state index contributed by atoms with van der Waals surface area (Å²) in [6, 6.07) is 17.6. The SMILES string of the molecule is Cc1ccc(NC(=O)CCN2C(=S)N[C@H](c3ccccn3)[C@H]2c2ccc(C)[nH]2)cc1. The van der Waals surface area contributed by atoms with E-state index >= 15 is 0 Å². The Labute approximate surface area is 181 Å². The fraction of sp³-hybridized carbons (Fsp3) is 0.261. The van der Waals surface area contributed by atoms with E-state index in [1.165, 1.54) is 0 Å². The third-order valence-corrected chi connectivity index (χ3v) is 5.64. The molecule has 0 radical (unpaired) electrons. The van der Waals surface area contributed by atoms with Crippen molar-refractivity contribution < 1.29 is 4.79 Å². The van der Waals surface area contributed by atoms with Gasteiger partial charge in [-0.3, -0.25) is 9.78 Å². The summed E-state index contributed by atoms with van der Waals surface area (Å²) < 4.78 is 0. The third kappa shape index (κ3) is 4.36. The molecular formula is C23H25N5OS. The molecule has 3 N–H and O–H groups in total. The minimum absolute atomic E-state index is 0.0376. The van der Waals surface area contributed by atoms with E-state index in [9.17, 15) is 4.79 Å². The van der Waals surface area contributed by atoms with Crippen molar-refractivity contribution in [2.75, 3.05) is 11.9 Å². The number of carbonyl (C=O) groups is 1. The molecule has 154 valence electrons. The van der Waals surface area contributed by atoms with Gasteiger partial charge in [0.2, 0.25) is 5.91 Å². The maximum absolute atomic E-state index is 12.5. The minimum Gasteiger partial charge on any atom is -0.361 e. The molecule has 2 aromatic heterocycles. The van der Waals surface area contributed by atoms with Crippen molar-refractivity contribution in [3.8, 4) is 0 Å². The Kier molecular flexibility index (Phi) is 5.81. The lowest BCUT2D eigenvalue weighted by atomic mass is 10.0. The van der Waals surface area contributed by atoms with Crippen molar-refractivity contribution in [1.29, 1.82) is 0 Å². The summed E-state index contributed by atoms with van der Waals surface area (Å²) in [5.74, 6) is -0.0376. The summed E-state index contributed by atoms with van der Waals surface area (Å²) in [5.41, 5.74) is 5.01. The summed E-state index contributed by atoms with van der Waals surface area (Å²) in [5, 5.41) is 6.99. The molecule has 6 nitrogen and oxygen atoms in total. The van der Waals surface area contributed by atoms with Crippen LogP contribution in [0, 0.1) is 13.8 Å². The van der Waals surface area contributed by atoms with Crippen LogP contribution in [0.3, 0.4) is 0 Å². The number of pyridine rings is 1. The van der Waals surface area contributed by atoms with Gasteiger partial charge in [0.1, 0.15) is 0 Å². The summed E-state index contributed by atoms with van der Waals surface area (Å²) >= 11 is 5.64. The molecule has 3 aromatic rings. The van der Waals surface area contributed by atoms with Gasteiger partial charge in [-0.25, -0.2) is 0 Å². The molecule has 1 aliphatic heterocycles. The molecule has 1 saturated heterocycles. The highest BCUT2D eigenvalue weighted by Gasteiger charge is 2.40. The van der Waals surface area contributed by atoms with Crippen LogP contribution in [0.4, 0.5) is 5.69 Å².